The van der Waals surface area contributed by atoms with E-state index in [-0.39, 0.29) is 18.6 Å². The fraction of sp³-hybridized carbons (Fsp3) is 0.433. The van der Waals surface area contributed by atoms with Gasteiger partial charge in [0.15, 0.2) is 0 Å². The predicted molar refractivity (Wildman–Crippen MR) is 158 cm³/mol. The van der Waals surface area contributed by atoms with E-state index in [4.69, 9.17) is 15.0 Å². The average Bonchev–Trinajstić information content (AvgIpc) is 2.98. The van der Waals surface area contributed by atoms with Gasteiger partial charge in [0.1, 0.15) is 12.4 Å². The van der Waals surface area contributed by atoms with E-state index in [1.165, 1.54) is 0 Å². The zero-order valence-electron chi connectivity index (χ0n) is 23.7. The highest BCUT2D eigenvalue weighted by atomic mass is 16.5. The number of carbonyl (C=O) groups is 1. The second-order valence-electron chi connectivity index (χ2n) is 10.6. The Balaban J connectivity index is 1.40. The van der Waals surface area contributed by atoms with Crippen molar-refractivity contribution in [3.05, 3.63) is 60.4 Å². The molecule has 1 aromatic carbocycles. The van der Waals surface area contributed by atoms with E-state index < -0.39 is 0 Å². The maximum absolute atomic E-state index is 13.1. The minimum Gasteiger partial charge on any atom is -0.365 e. The third-order valence-corrected chi connectivity index (χ3v) is 7.60. The molecule has 5 aliphatic heterocycles. The van der Waals surface area contributed by atoms with E-state index in [2.05, 4.69) is 48.2 Å². The van der Waals surface area contributed by atoms with E-state index in [9.17, 15) is 4.79 Å². The molecule has 11 nitrogen and oxygen atoms in total. The molecule has 3 aromatic rings. The molecule has 41 heavy (non-hydrogen) atoms. The number of pyridine rings is 1. The molecule has 3 atom stereocenters. The van der Waals surface area contributed by atoms with Crippen LogP contribution in [0.5, 0.6) is 0 Å². The van der Waals surface area contributed by atoms with Crippen molar-refractivity contribution in [2.24, 2.45) is 0 Å². The Labute approximate surface area is 241 Å². The molecule has 3 unspecified atom stereocenters. The molecule has 214 valence electrons. The van der Waals surface area contributed by atoms with Crippen LogP contribution in [0, 0.1) is 11.3 Å². The van der Waals surface area contributed by atoms with Gasteiger partial charge >= 0.3 is 0 Å². The fourth-order valence-corrected chi connectivity index (χ4v) is 5.26. The van der Waals surface area contributed by atoms with Crippen molar-refractivity contribution in [1.82, 2.24) is 29.7 Å². The van der Waals surface area contributed by atoms with Gasteiger partial charge in [-0.05, 0) is 42.3 Å². The number of piperazine rings is 1. The lowest BCUT2D eigenvalue weighted by atomic mass is 10.1. The van der Waals surface area contributed by atoms with Crippen LogP contribution in [0.3, 0.4) is 0 Å². The number of carbonyl (C=O) groups excluding carboxylic acids is 1. The molecule has 8 rings (SSSR count). The Morgan fingerprint density at radius 3 is 2.76 bits per heavy atom. The number of ether oxygens (including phenoxy) is 1. The highest BCUT2D eigenvalue weighted by molar-refractivity contribution is 5.78. The number of nitrogens with zero attached hydrogens (tertiary/aromatic N) is 8. The van der Waals surface area contributed by atoms with Crippen LogP contribution < -0.4 is 10.2 Å². The molecule has 0 aliphatic carbocycles. The van der Waals surface area contributed by atoms with Crippen LogP contribution >= 0.6 is 0 Å². The summed E-state index contributed by atoms with van der Waals surface area (Å²) in [5, 5.41) is 12.3. The fourth-order valence-electron chi connectivity index (χ4n) is 5.26. The first-order chi connectivity index (χ1) is 20.0. The molecule has 0 saturated carbocycles. The van der Waals surface area contributed by atoms with Gasteiger partial charge in [0.05, 0.1) is 24.9 Å². The zero-order chi connectivity index (χ0) is 28.6. The first-order valence-electron chi connectivity index (χ1n) is 14.0. The van der Waals surface area contributed by atoms with Crippen molar-refractivity contribution in [2.45, 2.75) is 19.0 Å². The number of anilines is 3. The van der Waals surface area contributed by atoms with Crippen LogP contribution in [0.2, 0.25) is 0 Å². The molecule has 1 N–H and O–H groups in total. The van der Waals surface area contributed by atoms with Crippen LogP contribution in [-0.2, 0) is 16.1 Å². The van der Waals surface area contributed by atoms with E-state index in [1.807, 2.05) is 55.5 Å². The van der Waals surface area contributed by atoms with Gasteiger partial charge in [-0.25, -0.2) is 15.0 Å². The Morgan fingerprint density at radius 1 is 1.05 bits per heavy atom. The lowest BCUT2D eigenvalue weighted by Gasteiger charge is -2.41. The summed E-state index contributed by atoms with van der Waals surface area (Å²) in [6.07, 6.45) is 4.41. The molecule has 1 fully saturated rings. The Hall–Kier alpha value is -4.11. The highest BCUT2D eigenvalue weighted by Crippen LogP contribution is 2.23. The first kappa shape index (κ1) is 28.4. The van der Waals surface area contributed by atoms with E-state index in [0.29, 0.717) is 32.2 Å². The normalized spacial score (nSPS) is 21.8. The lowest BCUT2D eigenvalue weighted by molar-refractivity contribution is -0.132. The van der Waals surface area contributed by atoms with E-state index in [0.717, 1.165) is 60.9 Å². The predicted octanol–water partition coefficient (Wildman–Crippen LogP) is 2.61. The summed E-state index contributed by atoms with van der Waals surface area (Å²) in [6.45, 7) is 5.33. The number of likely N-dealkylation sites (N-methyl/N-ethyl adjacent to an activating group) is 1. The molecule has 0 spiro atoms. The summed E-state index contributed by atoms with van der Waals surface area (Å²) >= 11 is 0. The van der Waals surface area contributed by atoms with Gasteiger partial charge in [-0.1, -0.05) is 12.1 Å². The van der Waals surface area contributed by atoms with Crippen molar-refractivity contribution in [3.63, 3.8) is 0 Å². The number of hydrogen-bond donors (Lipinski definition) is 1. The summed E-state index contributed by atoms with van der Waals surface area (Å²) < 4.78 is 5.65. The molecule has 2 aromatic heterocycles. The smallest absolute Gasteiger partial charge is 0.236 e. The summed E-state index contributed by atoms with van der Waals surface area (Å²) in [5.41, 5.74) is 3.74. The van der Waals surface area contributed by atoms with Crippen LogP contribution in [0.25, 0.3) is 11.3 Å². The topological polar surface area (TPSA) is 114 Å². The molecule has 1 saturated heterocycles. The van der Waals surface area contributed by atoms with E-state index >= 15 is 0 Å². The Bertz CT molecular complexity index is 1360. The second kappa shape index (κ2) is 13.5. The van der Waals surface area contributed by atoms with Crippen molar-refractivity contribution in [2.75, 3.05) is 76.8 Å². The molecule has 7 heterocycles. The molecular formula is C30H37N9O2. The molecule has 1 amide bonds. The summed E-state index contributed by atoms with van der Waals surface area (Å²) in [4.78, 5) is 35.4. The number of benzene rings is 1. The second-order valence-corrected chi connectivity index (χ2v) is 10.6. The van der Waals surface area contributed by atoms with Crippen LogP contribution in [0.15, 0.2) is 54.9 Å². The van der Waals surface area contributed by atoms with Gasteiger partial charge in [0.25, 0.3) is 0 Å². The van der Waals surface area contributed by atoms with Crippen molar-refractivity contribution in [1.29, 1.82) is 5.26 Å². The lowest BCUT2D eigenvalue weighted by Crippen LogP contribution is -2.56. The standard InChI is InChI=1S/C30H37N9O2/c1-36-12-4-13-37(2)29(40)21-38-14-15-39(26(20-38)22-41-16-10-31)19-23-5-3-6-25(17-23)34-30-32-11-9-27(35-30)24-7-8-28(36)33-18-24/h3,5-9,11,17-18,26H,4,12-16,19-22H2,1-2H3,(H,32,34,35). The van der Waals surface area contributed by atoms with Crippen molar-refractivity contribution in [3.8, 4) is 17.3 Å². The van der Waals surface area contributed by atoms with Crippen molar-refractivity contribution >= 4 is 23.4 Å². The van der Waals surface area contributed by atoms with Gasteiger partial charge in [0, 0.05) is 83.1 Å². The van der Waals surface area contributed by atoms with Crippen molar-refractivity contribution < 1.29 is 9.53 Å². The van der Waals surface area contributed by atoms with Gasteiger partial charge in [0.2, 0.25) is 11.9 Å². The third kappa shape index (κ3) is 7.55. The molecular weight excluding hydrogens is 518 g/mol. The molecule has 5 aliphatic rings. The number of amides is 1. The van der Waals surface area contributed by atoms with Crippen LogP contribution in [0.1, 0.15) is 12.0 Å². The van der Waals surface area contributed by atoms with Gasteiger partial charge in [-0.3, -0.25) is 14.6 Å². The minimum atomic E-state index is 0.0533. The Morgan fingerprint density at radius 2 is 1.93 bits per heavy atom. The SMILES string of the molecule is CN1CCCN(C)c2ccc(cn2)-c2ccnc(n2)Nc2cccc(c2)CN2CCN(CC1=O)CC2COCC#N. The maximum atomic E-state index is 13.1. The number of nitriles is 1. The number of aromatic nitrogens is 3. The third-order valence-electron chi connectivity index (χ3n) is 7.60. The summed E-state index contributed by atoms with van der Waals surface area (Å²) in [7, 11) is 3.89. The minimum absolute atomic E-state index is 0.0533. The van der Waals surface area contributed by atoms with Crippen LogP contribution in [-0.4, -0.2) is 108 Å². The van der Waals surface area contributed by atoms with Gasteiger partial charge in [-0.2, -0.15) is 5.26 Å². The molecule has 11 heteroatoms. The summed E-state index contributed by atoms with van der Waals surface area (Å²) in [5.74, 6) is 1.50. The summed E-state index contributed by atoms with van der Waals surface area (Å²) in [6, 6.07) is 16.3. The molecule has 8 bridgehead atoms. The zero-order valence-corrected chi connectivity index (χ0v) is 23.7. The number of rotatable bonds is 3. The number of hydrogen-bond acceptors (Lipinski definition) is 10. The quantitative estimate of drug-likeness (QED) is 0.484. The largest absolute Gasteiger partial charge is 0.365 e. The Kier molecular flexibility index (Phi) is 9.36. The van der Waals surface area contributed by atoms with Crippen LogP contribution in [0.4, 0.5) is 17.5 Å². The maximum Gasteiger partial charge on any atom is 0.236 e. The van der Waals surface area contributed by atoms with E-state index in [1.54, 1.807) is 6.20 Å². The monoisotopic (exact) mass is 555 g/mol. The first-order valence-corrected chi connectivity index (χ1v) is 14.0. The van der Waals surface area contributed by atoms with Gasteiger partial charge < -0.3 is 19.9 Å². The average molecular weight is 556 g/mol. The molecule has 0 radical (unpaired) electrons. The number of nitrogens with one attached hydrogen (secondary N) is 1. The highest BCUT2D eigenvalue weighted by Gasteiger charge is 2.29. The van der Waals surface area contributed by atoms with Gasteiger partial charge in [-0.15, -0.1) is 0 Å².